The van der Waals surface area contributed by atoms with E-state index in [4.69, 9.17) is 5.73 Å². The summed E-state index contributed by atoms with van der Waals surface area (Å²) >= 11 is 4.72. The predicted octanol–water partition coefficient (Wildman–Crippen LogP) is 2.65. The van der Waals surface area contributed by atoms with Crippen molar-refractivity contribution < 1.29 is 9.07 Å². The summed E-state index contributed by atoms with van der Waals surface area (Å²) < 4.78 is 0.723. The lowest BCUT2D eigenvalue weighted by molar-refractivity contribution is 0.103. The Morgan fingerprint density at radius 3 is 3.09 bits per heavy atom. The molecule has 1 fully saturated rings. The molecular weight excluding hydrogens is 366 g/mol. The van der Waals surface area contributed by atoms with E-state index in [1.54, 1.807) is 18.5 Å². The first-order chi connectivity index (χ1) is 10.6. The molecule has 0 spiro atoms. The van der Waals surface area contributed by atoms with Crippen molar-refractivity contribution in [2.45, 2.75) is 6.42 Å². The van der Waals surface area contributed by atoms with Crippen LogP contribution in [0.4, 0.5) is 10.8 Å². The summed E-state index contributed by atoms with van der Waals surface area (Å²) in [6, 6.07) is 1.68. The maximum atomic E-state index is 12.6. The molecule has 0 saturated carbocycles. The summed E-state index contributed by atoms with van der Waals surface area (Å²) in [7, 11) is 0. The minimum atomic E-state index is -0.185. The van der Waals surface area contributed by atoms with Gasteiger partial charge in [0.1, 0.15) is 10.8 Å². The normalized spacial score (nSPS) is 15.6. The lowest BCUT2D eigenvalue weighted by atomic mass is 10.2. The van der Waals surface area contributed by atoms with Crippen LogP contribution in [-0.2, 0) is 0 Å². The highest BCUT2D eigenvalue weighted by molar-refractivity contribution is 9.10. The van der Waals surface area contributed by atoms with Crippen molar-refractivity contribution in [1.29, 1.82) is 0 Å². The van der Waals surface area contributed by atoms with Crippen LogP contribution >= 0.6 is 27.3 Å². The average Bonchev–Trinajstić information content (AvgIpc) is 2.85. The van der Waals surface area contributed by atoms with E-state index in [1.807, 2.05) is 0 Å². The van der Waals surface area contributed by atoms with E-state index in [1.165, 1.54) is 11.3 Å². The Morgan fingerprint density at radius 1 is 1.36 bits per heavy atom. The number of nitrogen functional groups attached to an aromatic ring is 1. The Balaban J connectivity index is 0.00000192. The van der Waals surface area contributed by atoms with Gasteiger partial charge in [-0.1, -0.05) is 11.3 Å². The number of nitrogens with two attached hydrogens (primary N) is 1. The van der Waals surface area contributed by atoms with Gasteiger partial charge in [-0.15, -0.1) is 0 Å². The van der Waals surface area contributed by atoms with Gasteiger partial charge >= 0.3 is 0 Å². The van der Waals surface area contributed by atoms with Gasteiger partial charge < -0.3 is 16.0 Å². The molecule has 0 aromatic carbocycles. The number of halogens is 1. The number of pyridine rings is 1. The molecule has 2 aromatic rings. The van der Waals surface area contributed by atoms with Crippen LogP contribution in [0.2, 0.25) is 0 Å². The fraction of sp³-hybridized carbons (Fsp3) is 0.357. The average molecular weight is 388 g/mol. The highest BCUT2D eigenvalue weighted by Gasteiger charge is 2.20. The van der Waals surface area contributed by atoms with E-state index in [2.05, 4.69) is 36.1 Å². The number of hydrogen-bond donors (Lipinski definition) is 2. The molecule has 0 unspecified atom stereocenters. The number of rotatable bonds is 3. The summed E-state index contributed by atoms with van der Waals surface area (Å²) in [4.78, 5) is 23.1. The van der Waals surface area contributed by atoms with Gasteiger partial charge in [0.25, 0.3) is 0 Å². The lowest BCUT2D eigenvalue weighted by Gasteiger charge is -2.18. The Kier molecular flexibility index (Phi) is 4.70. The molecule has 1 aliphatic rings. The van der Waals surface area contributed by atoms with Gasteiger partial charge in [0.15, 0.2) is 5.01 Å². The fourth-order valence-electron chi connectivity index (χ4n) is 2.33. The first kappa shape index (κ1) is 15.4. The Morgan fingerprint density at radius 2 is 2.23 bits per heavy atom. The van der Waals surface area contributed by atoms with Crippen LogP contribution in [0.3, 0.4) is 0 Å². The number of carbonyl (C=O) groups excluding carboxylic acids is 1. The van der Waals surface area contributed by atoms with Crippen LogP contribution in [0.25, 0.3) is 0 Å². The van der Waals surface area contributed by atoms with Crippen LogP contribution in [-0.4, -0.2) is 41.9 Å². The van der Waals surface area contributed by atoms with Gasteiger partial charge in [0.05, 0.1) is 11.8 Å². The minimum absolute atomic E-state index is 0. The SMILES string of the molecule is Nc1ncc(Br)cc1C(=O)c1ncc(N2CCCNCC2)s1.[HH].[HH].[HH]. The number of nitrogens with zero attached hydrogens (tertiary/aromatic N) is 3. The molecule has 0 amide bonds. The van der Waals surface area contributed by atoms with Crippen molar-refractivity contribution >= 4 is 43.9 Å². The second kappa shape index (κ2) is 6.72. The van der Waals surface area contributed by atoms with Crippen LogP contribution < -0.4 is 16.0 Å². The standard InChI is InChI=1S/C14H16BrN5OS.3H2/c15-9-6-10(13(16)18-7-9)12(21)14-19-8-11(22-14)20-4-1-2-17-3-5-20;;;/h6-8,17H,1-5H2,(H2,16,18);3*1H. The predicted molar refractivity (Wildman–Crippen MR) is 97.9 cm³/mol. The molecule has 1 saturated heterocycles. The van der Waals surface area contributed by atoms with Gasteiger partial charge in [-0.2, -0.15) is 0 Å². The number of hydrogen-bond acceptors (Lipinski definition) is 7. The number of carbonyl (C=O) groups is 1. The van der Waals surface area contributed by atoms with Crippen molar-refractivity contribution in [2.24, 2.45) is 0 Å². The molecule has 2 aromatic heterocycles. The van der Waals surface area contributed by atoms with Crippen molar-refractivity contribution in [3.63, 3.8) is 0 Å². The van der Waals surface area contributed by atoms with E-state index in [0.717, 1.165) is 42.1 Å². The molecule has 0 aliphatic carbocycles. The fourth-order valence-corrected chi connectivity index (χ4v) is 3.58. The van der Waals surface area contributed by atoms with Crippen LogP contribution in [0.15, 0.2) is 22.9 Å². The number of nitrogens with one attached hydrogen (secondary N) is 1. The van der Waals surface area contributed by atoms with E-state index in [0.29, 0.717) is 10.6 Å². The van der Waals surface area contributed by atoms with E-state index in [9.17, 15) is 4.79 Å². The Labute approximate surface area is 145 Å². The largest absolute Gasteiger partial charge is 0.383 e. The zero-order valence-corrected chi connectivity index (χ0v) is 14.3. The van der Waals surface area contributed by atoms with Gasteiger partial charge in [0, 0.05) is 34.6 Å². The van der Waals surface area contributed by atoms with E-state index < -0.39 is 0 Å². The molecule has 3 heterocycles. The Hall–Kier alpha value is -1.51. The van der Waals surface area contributed by atoms with Crippen molar-refractivity contribution in [3.05, 3.63) is 33.5 Å². The molecule has 0 bridgehead atoms. The van der Waals surface area contributed by atoms with Crippen molar-refractivity contribution in [3.8, 4) is 0 Å². The first-order valence-corrected chi connectivity index (χ1v) is 8.63. The molecule has 3 N–H and O–H groups in total. The molecular formula is C14H22BrN5OS. The maximum absolute atomic E-state index is 12.6. The summed E-state index contributed by atoms with van der Waals surface area (Å²) in [6.07, 6.45) is 4.43. The summed E-state index contributed by atoms with van der Waals surface area (Å²) in [6.45, 7) is 3.88. The van der Waals surface area contributed by atoms with Crippen molar-refractivity contribution in [2.75, 3.05) is 36.8 Å². The highest BCUT2D eigenvalue weighted by Crippen LogP contribution is 2.27. The summed E-state index contributed by atoms with van der Waals surface area (Å²) in [5.41, 5.74) is 6.19. The summed E-state index contributed by atoms with van der Waals surface area (Å²) in [5.74, 6) is 0.0411. The van der Waals surface area contributed by atoms with Crippen LogP contribution in [0, 0.1) is 0 Å². The Bertz CT molecular complexity index is 695. The van der Waals surface area contributed by atoms with Gasteiger partial charge in [-0.05, 0) is 35.0 Å². The van der Waals surface area contributed by atoms with Crippen molar-refractivity contribution in [1.82, 2.24) is 15.3 Å². The molecule has 22 heavy (non-hydrogen) atoms. The van der Waals surface area contributed by atoms with Crippen LogP contribution in [0.5, 0.6) is 0 Å². The smallest absolute Gasteiger partial charge is 0.225 e. The quantitative estimate of drug-likeness (QED) is 0.787. The monoisotopic (exact) mass is 387 g/mol. The molecule has 8 heteroatoms. The second-order valence-corrected chi connectivity index (χ2v) is 6.93. The zero-order valence-electron chi connectivity index (χ0n) is 11.9. The molecule has 3 rings (SSSR count). The third-order valence-electron chi connectivity index (χ3n) is 3.47. The highest BCUT2D eigenvalue weighted by atomic mass is 79.9. The van der Waals surface area contributed by atoms with E-state index >= 15 is 0 Å². The second-order valence-electron chi connectivity index (χ2n) is 5.01. The molecule has 0 radical (unpaired) electrons. The maximum Gasteiger partial charge on any atom is 0.225 e. The van der Waals surface area contributed by atoms with E-state index in [-0.39, 0.29) is 15.9 Å². The number of anilines is 2. The molecule has 6 nitrogen and oxygen atoms in total. The van der Waals surface area contributed by atoms with Gasteiger partial charge in [-0.3, -0.25) is 4.79 Å². The zero-order chi connectivity index (χ0) is 15.5. The lowest BCUT2D eigenvalue weighted by Crippen LogP contribution is -2.26. The molecule has 1 aliphatic heterocycles. The van der Waals surface area contributed by atoms with Gasteiger partial charge in [0.2, 0.25) is 5.78 Å². The number of thiazole rings is 1. The molecule has 122 valence electrons. The number of ketones is 1. The van der Waals surface area contributed by atoms with Crippen LogP contribution in [0.1, 0.15) is 26.1 Å². The number of aromatic nitrogens is 2. The van der Waals surface area contributed by atoms with Gasteiger partial charge in [-0.25, -0.2) is 9.97 Å². The summed E-state index contributed by atoms with van der Waals surface area (Å²) in [5, 5.41) is 4.83. The molecule has 0 atom stereocenters. The minimum Gasteiger partial charge on any atom is -0.383 e. The third-order valence-corrected chi connectivity index (χ3v) is 4.96. The first-order valence-electron chi connectivity index (χ1n) is 7.02. The topological polar surface area (TPSA) is 84.1 Å². The third kappa shape index (κ3) is 3.29.